The highest BCUT2D eigenvalue weighted by molar-refractivity contribution is 4.86. The average Bonchev–Trinajstić information content (AvgIpc) is 2.26. The first-order valence-electron chi connectivity index (χ1n) is 4.62. The molecule has 0 aromatic heterocycles. The van der Waals surface area contributed by atoms with Crippen molar-refractivity contribution in [2.45, 2.75) is 26.2 Å². The normalized spacial score (nSPS) is 45.9. The lowest BCUT2D eigenvalue weighted by molar-refractivity contribution is 0.268. The molecule has 0 N–H and O–H groups in total. The van der Waals surface area contributed by atoms with Gasteiger partial charge in [0, 0.05) is 13.1 Å². The van der Waals surface area contributed by atoms with Crippen molar-refractivity contribution < 1.29 is 0 Å². The van der Waals surface area contributed by atoms with Gasteiger partial charge in [0.25, 0.3) is 0 Å². The Morgan fingerprint density at radius 2 is 2.30 bits per heavy atom. The minimum atomic E-state index is 1.04. The Hall–Kier alpha value is -0.0400. The van der Waals surface area contributed by atoms with E-state index < -0.39 is 0 Å². The summed E-state index contributed by atoms with van der Waals surface area (Å²) in [4.78, 5) is 2.64. The second kappa shape index (κ2) is 2.54. The predicted octanol–water partition coefficient (Wildman–Crippen LogP) is 1.74. The van der Waals surface area contributed by atoms with Crippen molar-refractivity contribution in [3.63, 3.8) is 0 Å². The van der Waals surface area contributed by atoms with Crippen LogP contribution in [-0.4, -0.2) is 24.5 Å². The van der Waals surface area contributed by atoms with Gasteiger partial charge < -0.3 is 4.90 Å². The van der Waals surface area contributed by atoms with E-state index in [9.17, 15) is 0 Å². The Morgan fingerprint density at radius 1 is 1.40 bits per heavy atom. The van der Waals surface area contributed by atoms with Crippen molar-refractivity contribution in [1.29, 1.82) is 0 Å². The first-order chi connectivity index (χ1) is 4.90. The fraction of sp³-hybridized carbons (Fsp3) is 1.00. The van der Waals surface area contributed by atoms with Crippen LogP contribution >= 0.6 is 0 Å². The van der Waals surface area contributed by atoms with E-state index in [1.54, 1.807) is 0 Å². The van der Waals surface area contributed by atoms with E-state index in [1.807, 2.05) is 0 Å². The Bertz CT molecular complexity index is 122. The number of hydrogen-bond donors (Lipinski definition) is 0. The van der Waals surface area contributed by atoms with E-state index >= 15 is 0 Å². The Balaban J connectivity index is 2.01. The number of fused-ring (bicyclic) bond motifs is 2. The number of hydrogen-bond acceptors (Lipinski definition) is 1. The molecule has 2 heterocycles. The molecule has 2 bridgehead atoms. The summed E-state index contributed by atoms with van der Waals surface area (Å²) in [5, 5.41) is 0. The SMILES string of the molecule is CCC1CN2CCCC1C2. The molecule has 1 nitrogen and oxygen atoms in total. The van der Waals surface area contributed by atoms with Crippen LogP contribution in [0.1, 0.15) is 26.2 Å². The van der Waals surface area contributed by atoms with Crippen LogP contribution in [0.3, 0.4) is 0 Å². The maximum Gasteiger partial charge on any atom is 0.00129 e. The molecule has 0 amide bonds. The fourth-order valence-corrected chi connectivity index (χ4v) is 2.59. The second-order valence-electron chi connectivity index (χ2n) is 3.83. The summed E-state index contributed by atoms with van der Waals surface area (Å²) in [6.07, 6.45) is 4.37. The number of rotatable bonds is 1. The maximum atomic E-state index is 2.64. The molecule has 2 aliphatic heterocycles. The van der Waals surface area contributed by atoms with E-state index in [0.717, 1.165) is 11.8 Å². The zero-order valence-electron chi connectivity index (χ0n) is 6.84. The third-order valence-corrected chi connectivity index (χ3v) is 3.23. The van der Waals surface area contributed by atoms with Crippen molar-refractivity contribution >= 4 is 0 Å². The molecule has 10 heavy (non-hydrogen) atoms. The number of nitrogens with zero attached hydrogens (tertiary/aromatic N) is 1. The Morgan fingerprint density at radius 3 is 3.00 bits per heavy atom. The van der Waals surface area contributed by atoms with Crippen molar-refractivity contribution in [3.8, 4) is 0 Å². The fourth-order valence-electron chi connectivity index (χ4n) is 2.59. The van der Waals surface area contributed by atoms with Gasteiger partial charge in [0.15, 0.2) is 0 Å². The van der Waals surface area contributed by atoms with Gasteiger partial charge >= 0.3 is 0 Å². The van der Waals surface area contributed by atoms with Gasteiger partial charge in [0.2, 0.25) is 0 Å². The molecule has 0 saturated carbocycles. The summed E-state index contributed by atoms with van der Waals surface area (Å²) in [7, 11) is 0. The van der Waals surface area contributed by atoms with Gasteiger partial charge in [-0.2, -0.15) is 0 Å². The summed E-state index contributed by atoms with van der Waals surface area (Å²) in [5.41, 5.74) is 0. The highest BCUT2D eigenvalue weighted by Crippen LogP contribution is 2.33. The van der Waals surface area contributed by atoms with E-state index in [-0.39, 0.29) is 0 Å². The third kappa shape index (κ3) is 0.968. The van der Waals surface area contributed by atoms with Crippen LogP contribution in [0.4, 0.5) is 0 Å². The van der Waals surface area contributed by atoms with Crippen LogP contribution in [0.5, 0.6) is 0 Å². The molecule has 0 aromatic carbocycles. The average molecular weight is 139 g/mol. The predicted molar refractivity (Wildman–Crippen MR) is 42.9 cm³/mol. The standard InChI is InChI=1S/C9H17N/c1-2-8-6-10-5-3-4-9(8)7-10/h8-9H,2-7H2,1H3. The Kier molecular flexibility index (Phi) is 1.69. The summed E-state index contributed by atoms with van der Waals surface area (Å²) in [5.74, 6) is 2.11. The lowest BCUT2D eigenvalue weighted by atomic mass is 9.89. The zero-order chi connectivity index (χ0) is 6.97. The summed E-state index contributed by atoms with van der Waals surface area (Å²) >= 11 is 0. The van der Waals surface area contributed by atoms with Gasteiger partial charge in [-0.1, -0.05) is 13.3 Å². The van der Waals surface area contributed by atoms with E-state index in [2.05, 4.69) is 11.8 Å². The highest BCUT2D eigenvalue weighted by atomic mass is 15.2. The number of piperidine rings is 1. The second-order valence-corrected chi connectivity index (χ2v) is 3.83. The van der Waals surface area contributed by atoms with Gasteiger partial charge in [0.1, 0.15) is 0 Å². The Labute approximate surface area is 63.4 Å². The first-order valence-corrected chi connectivity index (χ1v) is 4.62. The van der Waals surface area contributed by atoms with Crippen molar-refractivity contribution in [2.24, 2.45) is 11.8 Å². The van der Waals surface area contributed by atoms with Crippen LogP contribution < -0.4 is 0 Å². The molecule has 3 unspecified atom stereocenters. The molecular weight excluding hydrogens is 122 g/mol. The minimum absolute atomic E-state index is 1.04. The summed E-state index contributed by atoms with van der Waals surface area (Å²) in [6, 6.07) is 0. The molecule has 0 aliphatic carbocycles. The largest absolute Gasteiger partial charge is 0.303 e. The van der Waals surface area contributed by atoms with Crippen LogP contribution in [0.2, 0.25) is 0 Å². The van der Waals surface area contributed by atoms with Gasteiger partial charge in [-0.15, -0.1) is 0 Å². The van der Waals surface area contributed by atoms with Gasteiger partial charge in [-0.05, 0) is 31.2 Å². The third-order valence-electron chi connectivity index (χ3n) is 3.23. The molecular formula is C9H17N. The smallest absolute Gasteiger partial charge is 0.00129 e. The van der Waals surface area contributed by atoms with E-state index in [0.29, 0.717) is 0 Å². The van der Waals surface area contributed by atoms with E-state index in [4.69, 9.17) is 0 Å². The first kappa shape index (κ1) is 6.66. The molecule has 1 heteroatoms. The minimum Gasteiger partial charge on any atom is -0.303 e. The lowest BCUT2D eigenvalue weighted by Gasteiger charge is -2.21. The van der Waals surface area contributed by atoms with Crippen LogP contribution in [0.25, 0.3) is 0 Å². The molecule has 0 spiro atoms. The van der Waals surface area contributed by atoms with Crippen molar-refractivity contribution in [3.05, 3.63) is 0 Å². The topological polar surface area (TPSA) is 3.24 Å². The molecule has 2 saturated heterocycles. The van der Waals surface area contributed by atoms with E-state index in [1.165, 1.54) is 38.9 Å². The highest BCUT2D eigenvalue weighted by Gasteiger charge is 2.33. The van der Waals surface area contributed by atoms with Crippen LogP contribution in [0, 0.1) is 11.8 Å². The van der Waals surface area contributed by atoms with Crippen molar-refractivity contribution in [2.75, 3.05) is 19.6 Å². The van der Waals surface area contributed by atoms with Gasteiger partial charge in [-0.3, -0.25) is 0 Å². The molecule has 2 fully saturated rings. The molecule has 3 atom stereocenters. The van der Waals surface area contributed by atoms with Crippen LogP contribution in [0.15, 0.2) is 0 Å². The molecule has 0 radical (unpaired) electrons. The molecule has 58 valence electrons. The zero-order valence-corrected chi connectivity index (χ0v) is 6.84. The maximum absolute atomic E-state index is 2.64. The lowest BCUT2D eigenvalue weighted by Crippen LogP contribution is -2.25. The molecule has 2 rings (SSSR count). The van der Waals surface area contributed by atoms with Gasteiger partial charge in [0.05, 0.1) is 0 Å². The molecule has 0 aromatic rings. The van der Waals surface area contributed by atoms with Crippen molar-refractivity contribution in [1.82, 2.24) is 4.90 Å². The monoisotopic (exact) mass is 139 g/mol. The quantitative estimate of drug-likeness (QED) is 0.535. The summed E-state index contributed by atoms with van der Waals surface area (Å²) in [6.45, 7) is 6.54. The van der Waals surface area contributed by atoms with Crippen LogP contribution in [-0.2, 0) is 0 Å². The van der Waals surface area contributed by atoms with Gasteiger partial charge in [-0.25, -0.2) is 0 Å². The summed E-state index contributed by atoms with van der Waals surface area (Å²) < 4.78 is 0. The molecule has 2 aliphatic rings.